The zero-order valence-electron chi connectivity index (χ0n) is 13.7. The van der Waals surface area contributed by atoms with Crippen LogP contribution < -0.4 is 5.32 Å². The lowest BCUT2D eigenvalue weighted by molar-refractivity contribution is -0.139. The van der Waals surface area contributed by atoms with Gasteiger partial charge in [0.15, 0.2) is 0 Å². The number of hydrogen-bond acceptors (Lipinski definition) is 5. The molecule has 1 aliphatic heterocycles. The molecular weight excluding hydrogens is 340 g/mol. The predicted molar refractivity (Wildman–Crippen MR) is 93.9 cm³/mol. The van der Waals surface area contributed by atoms with Crippen LogP contribution in [0.1, 0.15) is 40.3 Å². The number of carboxylic acid groups (broad SMARTS) is 1. The number of carbonyl (C=O) groups is 2. The van der Waals surface area contributed by atoms with Gasteiger partial charge < -0.3 is 15.2 Å². The maximum Gasteiger partial charge on any atom is 0.305 e. The van der Waals surface area contributed by atoms with Gasteiger partial charge in [0.1, 0.15) is 5.69 Å². The molecule has 1 aliphatic rings. The van der Waals surface area contributed by atoms with Crippen LogP contribution in [0.3, 0.4) is 0 Å². The molecule has 1 fully saturated rings. The van der Waals surface area contributed by atoms with E-state index in [9.17, 15) is 14.7 Å². The first-order valence-electron chi connectivity index (χ1n) is 8.17. The Hall–Kier alpha value is -2.25. The summed E-state index contributed by atoms with van der Waals surface area (Å²) in [6.45, 7) is 0.897. The van der Waals surface area contributed by atoms with E-state index >= 15 is 0 Å². The maximum atomic E-state index is 12.6. The van der Waals surface area contributed by atoms with Crippen LogP contribution in [0.2, 0.25) is 0 Å². The van der Waals surface area contributed by atoms with Crippen LogP contribution in [0.15, 0.2) is 35.7 Å². The van der Waals surface area contributed by atoms with Crippen LogP contribution in [0.25, 0.3) is 0 Å². The number of ether oxygens (including phenoxy) is 1. The van der Waals surface area contributed by atoms with E-state index in [1.807, 2.05) is 30.3 Å². The van der Waals surface area contributed by atoms with E-state index in [4.69, 9.17) is 4.74 Å². The van der Waals surface area contributed by atoms with Gasteiger partial charge in [0, 0.05) is 25.0 Å². The number of aliphatic carboxylic acids is 1. The van der Waals surface area contributed by atoms with E-state index in [0.29, 0.717) is 38.2 Å². The summed E-state index contributed by atoms with van der Waals surface area (Å²) in [6.07, 6.45) is 1.55. The summed E-state index contributed by atoms with van der Waals surface area (Å²) in [5, 5.41) is 14.7. The maximum absolute atomic E-state index is 12.6. The molecule has 0 bridgehead atoms. The Morgan fingerprint density at radius 2 is 1.96 bits per heavy atom. The van der Waals surface area contributed by atoms with Crippen LogP contribution in [-0.2, 0) is 16.0 Å². The monoisotopic (exact) mass is 360 g/mol. The average Bonchev–Trinajstić information content (AvgIpc) is 3.04. The smallest absolute Gasteiger partial charge is 0.305 e. The number of nitrogens with zero attached hydrogens (tertiary/aromatic N) is 1. The van der Waals surface area contributed by atoms with Crippen LogP contribution >= 0.6 is 11.3 Å². The minimum atomic E-state index is -0.926. The summed E-state index contributed by atoms with van der Waals surface area (Å²) in [7, 11) is 0. The Bertz CT molecular complexity index is 739. The fourth-order valence-electron chi connectivity index (χ4n) is 2.97. The Kier molecular flexibility index (Phi) is 5.45. The van der Waals surface area contributed by atoms with Crippen molar-refractivity contribution >= 4 is 23.2 Å². The highest BCUT2D eigenvalue weighted by Crippen LogP contribution is 2.25. The molecule has 132 valence electrons. The average molecular weight is 360 g/mol. The minimum Gasteiger partial charge on any atom is -0.481 e. The number of carbonyl (C=O) groups excluding carboxylic acids is 1. The standard InChI is InChI=1S/C18H20N2O4S/c21-16(22)11-18(6-8-24-9-7-18)20-17(23)14-12-25-15(19-14)10-13-4-2-1-3-5-13/h1-5,12H,6-11H2,(H,20,23)(H,21,22). The van der Waals surface area contributed by atoms with Gasteiger partial charge in [-0.25, -0.2) is 4.98 Å². The summed E-state index contributed by atoms with van der Waals surface area (Å²) >= 11 is 1.43. The van der Waals surface area contributed by atoms with Gasteiger partial charge in [-0.05, 0) is 18.4 Å². The van der Waals surface area contributed by atoms with Crippen molar-refractivity contribution < 1.29 is 19.4 Å². The lowest BCUT2D eigenvalue weighted by Gasteiger charge is -2.36. The van der Waals surface area contributed by atoms with Crippen molar-refractivity contribution in [2.75, 3.05) is 13.2 Å². The third kappa shape index (κ3) is 4.64. The van der Waals surface area contributed by atoms with E-state index in [2.05, 4.69) is 10.3 Å². The van der Waals surface area contributed by atoms with E-state index in [1.165, 1.54) is 11.3 Å². The van der Waals surface area contributed by atoms with Crippen molar-refractivity contribution in [2.45, 2.75) is 31.2 Å². The molecule has 0 saturated carbocycles. The summed E-state index contributed by atoms with van der Waals surface area (Å²) in [6, 6.07) is 9.94. The van der Waals surface area contributed by atoms with Gasteiger partial charge in [-0.3, -0.25) is 9.59 Å². The van der Waals surface area contributed by atoms with Gasteiger partial charge >= 0.3 is 5.97 Å². The van der Waals surface area contributed by atoms with E-state index in [0.717, 1.165) is 10.6 Å². The van der Waals surface area contributed by atoms with Crippen LogP contribution in [0.5, 0.6) is 0 Å². The van der Waals surface area contributed by atoms with Gasteiger partial charge in [0.2, 0.25) is 0 Å². The topological polar surface area (TPSA) is 88.5 Å². The zero-order chi connectivity index (χ0) is 17.7. The molecule has 7 heteroatoms. The second-order valence-electron chi connectivity index (χ2n) is 6.21. The van der Waals surface area contributed by atoms with Crippen molar-refractivity contribution in [3.05, 3.63) is 52.0 Å². The van der Waals surface area contributed by atoms with Gasteiger partial charge in [-0.15, -0.1) is 11.3 Å². The number of carboxylic acids is 1. The van der Waals surface area contributed by atoms with E-state index in [-0.39, 0.29) is 12.3 Å². The number of amides is 1. The lowest BCUT2D eigenvalue weighted by atomic mass is 9.86. The normalized spacial score (nSPS) is 16.3. The molecule has 2 aromatic rings. The highest BCUT2D eigenvalue weighted by atomic mass is 32.1. The Morgan fingerprint density at radius 3 is 2.64 bits per heavy atom. The minimum absolute atomic E-state index is 0.108. The quantitative estimate of drug-likeness (QED) is 0.826. The first-order valence-corrected chi connectivity index (χ1v) is 9.05. The second kappa shape index (κ2) is 7.76. The van der Waals surface area contributed by atoms with Crippen molar-refractivity contribution in [3.8, 4) is 0 Å². The molecule has 3 rings (SSSR count). The fraction of sp³-hybridized carbons (Fsp3) is 0.389. The number of nitrogens with one attached hydrogen (secondary N) is 1. The Balaban J connectivity index is 1.69. The van der Waals surface area contributed by atoms with Crippen molar-refractivity contribution in [2.24, 2.45) is 0 Å². The first kappa shape index (κ1) is 17.6. The number of aromatic nitrogens is 1. The Morgan fingerprint density at radius 1 is 1.24 bits per heavy atom. The van der Waals surface area contributed by atoms with Gasteiger partial charge in [-0.1, -0.05) is 30.3 Å². The van der Waals surface area contributed by atoms with Gasteiger partial charge in [-0.2, -0.15) is 0 Å². The second-order valence-corrected chi connectivity index (χ2v) is 7.15. The van der Waals surface area contributed by atoms with Gasteiger partial charge in [0.05, 0.1) is 17.0 Å². The van der Waals surface area contributed by atoms with E-state index in [1.54, 1.807) is 5.38 Å². The zero-order valence-corrected chi connectivity index (χ0v) is 14.6. The number of hydrogen-bond donors (Lipinski definition) is 2. The van der Waals surface area contributed by atoms with Crippen LogP contribution in [0, 0.1) is 0 Å². The summed E-state index contributed by atoms with van der Waals surface area (Å²) in [5.74, 6) is -1.25. The molecule has 0 spiro atoms. The molecule has 1 aromatic heterocycles. The van der Waals surface area contributed by atoms with Crippen LogP contribution in [-0.4, -0.2) is 40.7 Å². The van der Waals surface area contributed by atoms with Gasteiger partial charge in [0.25, 0.3) is 5.91 Å². The summed E-state index contributed by atoms with van der Waals surface area (Å²) < 4.78 is 5.31. The SMILES string of the molecule is O=C(O)CC1(NC(=O)c2csc(Cc3ccccc3)n2)CCOCC1. The molecule has 0 atom stereocenters. The van der Waals surface area contributed by atoms with Crippen molar-refractivity contribution in [1.82, 2.24) is 10.3 Å². The largest absolute Gasteiger partial charge is 0.481 e. The molecule has 1 saturated heterocycles. The molecular formula is C18H20N2O4S. The van der Waals surface area contributed by atoms with Crippen molar-refractivity contribution in [3.63, 3.8) is 0 Å². The molecule has 25 heavy (non-hydrogen) atoms. The third-order valence-electron chi connectivity index (χ3n) is 4.30. The lowest BCUT2D eigenvalue weighted by Crippen LogP contribution is -2.53. The van der Waals surface area contributed by atoms with Crippen molar-refractivity contribution in [1.29, 1.82) is 0 Å². The molecule has 1 amide bonds. The first-order chi connectivity index (χ1) is 12.1. The molecule has 0 unspecified atom stereocenters. The Labute approximate surface area is 149 Å². The molecule has 2 heterocycles. The number of rotatable bonds is 6. The molecule has 2 N–H and O–H groups in total. The molecule has 0 radical (unpaired) electrons. The van der Waals surface area contributed by atoms with Crippen LogP contribution in [0.4, 0.5) is 0 Å². The highest BCUT2D eigenvalue weighted by molar-refractivity contribution is 7.09. The molecule has 1 aromatic carbocycles. The molecule has 6 nitrogen and oxygen atoms in total. The highest BCUT2D eigenvalue weighted by Gasteiger charge is 2.37. The third-order valence-corrected chi connectivity index (χ3v) is 5.15. The fourth-order valence-corrected chi connectivity index (χ4v) is 3.78. The number of benzene rings is 1. The molecule has 0 aliphatic carbocycles. The van der Waals surface area contributed by atoms with E-state index < -0.39 is 11.5 Å². The number of thiazole rings is 1. The summed E-state index contributed by atoms with van der Waals surface area (Å²) in [5.41, 5.74) is 0.715. The summed E-state index contributed by atoms with van der Waals surface area (Å²) in [4.78, 5) is 28.2. The predicted octanol–water partition coefficient (Wildman–Crippen LogP) is 2.49.